The third-order valence-electron chi connectivity index (χ3n) is 8.33. The third kappa shape index (κ3) is 3.76. The molecule has 0 atom stereocenters. The van der Waals surface area contributed by atoms with E-state index in [1.807, 2.05) is 24.3 Å². The number of aromatic nitrogens is 1. The standard InChI is InChI=1S/C32H26BF5N3O2/c1-4-17-39-22-7-5-9-25(42-2)27(22)30-28-24(8-6-10-26(28)43-3)41-31-19(11-16-23(39)29(30)31)18-40(33(41,37)38)21-14-12-20(13-15-21)32(34,35)36/h5-16,18H,4,17H2,1-3H3/q+1. The van der Waals surface area contributed by atoms with E-state index in [0.29, 0.717) is 39.9 Å². The molecule has 0 saturated carbocycles. The van der Waals surface area contributed by atoms with Crippen LogP contribution in [-0.2, 0) is 6.18 Å². The lowest BCUT2D eigenvalue weighted by molar-refractivity contribution is -0.596. The van der Waals surface area contributed by atoms with Crippen LogP contribution in [0.25, 0.3) is 32.9 Å². The normalized spacial score (nSPS) is 15.0. The van der Waals surface area contributed by atoms with Crippen LogP contribution < -0.4 is 18.9 Å². The zero-order valence-electron chi connectivity index (χ0n) is 23.5. The minimum Gasteiger partial charge on any atom is -0.496 e. The zero-order chi connectivity index (χ0) is 30.3. The average Bonchev–Trinajstić information content (AvgIpc) is 3.00. The number of fused-ring (bicyclic) bond motifs is 5. The molecule has 0 fully saturated rings. The molecule has 0 saturated heterocycles. The van der Waals surface area contributed by atoms with Gasteiger partial charge in [0, 0.05) is 35.9 Å². The van der Waals surface area contributed by atoms with E-state index in [-0.39, 0.29) is 11.2 Å². The summed E-state index contributed by atoms with van der Waals surface area (Å²) in [5.41, 5.74) is 3.30. The fourth-order valence-corrected chi connectivity index (χ4v) is 6.59. The molecule has 0 bridgehead atoms. The van der Waals surface area contributed by atoms with Crippen molar-refractivity contribution >= 4 is 52.1 Å². The van der Waals surface area contributed by atoms with Gasteiger partial charge in [-0.3, -0.25) is 8.96 Å². The van der Waals surface area contributed by atoms with Gasteiger partial charge in [0.25, 0.3) is 0 Å². The highest BCUT2D eigenvalue weighted by atomic mass is 19.4. The largest absolute Gasteiger partial charge is 0.924 e. The van der Waals surface area contributed by atoms with Gasteiger partial charge in [0.1, 0.15) is 23.3 Å². The summed E-state index contributed by atoms with van der Waals surface area (Å²) in [6.45, 7) is -1.89. The molecule has 1 aromatic heterocycles. The number of benzene rings is 4. The van der Waals surface area contributed by atoms with Crippen molar-refractivity contribution in [3.8, 4) is 22.6 Å². The summed E-state index contributed by atoms with van der Waals surface area (Å²) in [5.74, 6) is 1.02. The lowest BCUT2D eigenvalue weighted by Gasteiger charge is -2.35. The summed E-state index contributed by atoms with van der Waals surface area (Å²) < 4.78 is 87.3. The van der Waals surface area contributed by atoms with Gasteiger partial charge < -0.3 is 23.0 Å². The van der Waals surface area contributed by atoms with Gasteiger partial charge in [-0.25, -0.2) is 0 Å². The molecule has 0 aliphatic carbocycles. The van der Waals surface area contributed by atoms with Crippen molar-refractivity contribution in [2.75, 3.05) is 25.7 Å². The maximum absolute atomic E-state index is 17.0. The van der Waals surface area contributed by atoms with E-state index >= 15 is 8.63 Å². The molecular weight excluding hydrogens is 564 g/mol. The fraction of sp³-hybridized carbons (Fsp3) is 0.188. The molecule has 0 N–H and O–H groups in total. The Balaban J connectivity index is 1.65. The molecular formula is C32H26BF5N3O2+. The topological polar surface area (TPSA) is 28.6 Å². The summed E-state index contributed by atoms with van der Waals surface area (Å²) in [6.07, 6.45) is -2.45. The van der Waals surface area contributed by atoms with E-state index in [1.54, 1.807) is 31.4 Å². The Bertz CT molecular complexity index is 1990. The molecule has 11 heteroatoms. The van der Waals surface area contributed by atoms with Gasteiger partial charge in [-0.2, -0.15) is 13.2 Å². The minimum absolute atomic E-state index is 0.0554. The Morgan fingerprint density at radius 2 is 1.49 bits per heavy atom. The van der Waals surface area contributed by atoms with Crippen LogP contribution in [0.5, 0.6) is 11.5 Å². The number of hydrogen-bond donors (Lipinski definition) is 0. The summed E-state index contributed by atoms with van der Waals surface area (Å²) >= 11 is 0. The van der Waals surface area contributed by atoms with Gasteiger partial charge in [0.15, 0.2) is 16.7 Å². The zero-order valence-corrected chi connectivity index (χ0v) is 23.5. The maximum Gasteiger partial charge on any atom is 0.924 e. The molecule has 4 aromatic carbocycles. The van der Waals surface area contributed by atoms with E-state index in [2.05, 4.69) is 11.8 Å². The summed E-state index contributed by atoms with van der Waals surface area (Å²) in [5, 5.41) is 1.12. The first-order valence-corrected chi connectivity index (χ1v) is 13.9. The van der Waals surface area contributed by atoms with Gasteiger partial charge in [0.2, 0.25) is 0 Å². The predicted octanol–water partition coefficient (Wildman–Crippen LogP) is 7.84. The third-order valence-corrected chi connectivity index (χ3v) is 8.33. The van der Waals surface area contributed by atoms with Crippen molar-refractivity contribution in [1.29, 1.82) is 0 Å². The smallest absolute Gasteiger partial charge is 0.496 e. The second kappa shape index (κ2) is 9.42. The Morgan fingerprint density at radius 1 is 0.791 bits per heavy atom. The number of ether oxygens (including phenoxy) is 2. The average molecular weight is 590 g/mol. The Labute approximate surface area is 244 Å². The van der Waals surface area contributed by atoms with E-state index in [9.17, 15) is 13.2 Å². The quantitative estimate of drug-likeness (QED) is 0.119. The van der Waals surface area contributed by atoms with E-state index in [1.165, 1.54) is 13.3 Å². The number of anilines is 2. The van der Waals surface area contributed by atoms with Crippen molar-refractivity contribution in [2.45, 2.75) is 19.5 Å². The number of methoxy groups -OCH3 is 2. The Hall–Kier alpha value is -4.67. The molecule has 0 radical (unpaired) electrons. The predicted molar refractivity (Wildman–Crippen MR) is 157 cm³/mol. The van der Waals surface area contributed by atoms with Crippen LogP contribution in [0.4, 0.5) is 38.9 Å². The molecule has 5 nitrogen and oxygen atoms in total. The number of alkyl halides is 3. The molecule has 0 spiro atoms. The molecule has 2 aliphatic heterocycles. The van der Waals surface area contributed by atoms with Crippen molar-refractivity contribution in [3.63, 3.8) is 0 Å². The lowest BCUT2D eigenvalue weighted by atomic mass is 9.82. The number of hydrogen-bond acceptors (Lipinski definition) is 3. The van der Waals surface area contributed by atoms with Crippen molar-refractivity contribution in [2.24, 2.45) is 0 Å². The highest BCUT2D eigenvalue weighted by Crippen LogP contribution is 2.55. The van der Waals surface area contributed by atoms with Gasteiger partial charge in [-0.1, -0.05) is 19.1 Å². The first-order chi connectivity index (χ1) is 20.6. The number of rotatable bonds is 5. The lowest BCUT2D eigenvalue weighted by Crippen LogP contribution is -2.67. The van der Waals surface area contributed by atoms with E-state index < -0.39 is 18.7 Å². The number of halogens is 5. The summed E-state index contributed by atoms with van der Waals surface area (Å²) in [7, 11) is 3.09. The maximum atomic E-state index is 17.0. The van der Waals surface area contributed by atoms with Gasteiger partial charge in [0.05, 0.1) is 41.9 Å². The minimum atomic E-state index is -4.58. The highest BCUT2D eigenvalue weighted by Gasteiger charge is 2.62. The Kier molecular flexibility index (Phi) is 5.96. The van der Waals surface area contributed by atoms with Gasteiger partial charge >= 0.3 is 13.1 Å². The van der Waals surface area contributed by atoms with Crippen LogP contribution in [0.15, 0.2) is 72.8 Å². The highest BCUT2D eigenvalue weighted by molar-refractivity contribution is 6.51. The molecule has 5 aromatic rings. The number of pyridine rings is 1. The van der Waals surface area contributed by atoms with Gasteiger partial charge in [-0.15, -0.1) is 0 Å². The molecule has 2 aliphatic rings. The van der Waals surface area contributed by atoms with Crippen molar-refractivity contribution in [1.82, 2.24) is 0 Å². The van der Waals surface area contributed by atoms with E-state index in [0.717, 1.165) is 62.2 Å². The molecule has 7 rings (SSSR count). The first-order valence-electron chi connectivity index (χ1n) is 13.9. The second-order valence-electron chi connectivity index (χ2n) is 10.7. The molecule has 43 heavy (non-hydrogen) atoms. The van der Waals surface area contributed by atoms with Crippen LogP contribution in [0, 0.1) is 0 Å². The van der Waals surface area contributed by atoms with Crippen LogP contribution in [0.3, 0.4) is 0 Å². The van der Waals surface area contributed by atoms with Crippen LogP contribution in [0.2, 0.25) is 0 Å². The molecule has 0 amide bonds. The molecule has 218 valence electrons. The second-order valence-corrected chi connectivity index (χ2v) is 10.7. The molecule has 3 heterocycles. The first kappa shape index (κ1) is 27.2. The summed E-state index contributed by atoms with van der Waals surface area (Å²) in [4.78, 5) is 2.13. The van der Waals surface area contributed by atoms with Crippen LogP contribution in [0.1, 0.15) is 24.5 Å². The van der Waals surface area contributed by atoms with Crippen molar-refractivity contribution < 1.29 is 40.2 Å². The van der Waals surface area contributed by atoms with Crippen LogP contribution in [-0.4, -0.2) is 38.4 Å². The number of nitrogens with zero attached hydrogens (tertiary/aromatic N) is 3. The summed E-state index contributed by atoms with van der Waals surface area (Å²) in [6, 6.07) is 18.3. The van der Waals surface area contributed by atoms with Crippen molar-refractivity contribution in [3.05, 3.63) is 83.9 Å². The van der Waals surface area contributed by atoms with Crippen LogP contribution >= 0.6 is 0 Å². The monoisotopic (exact) mass is 590 g/mol. The fourth-order valence-electron chi connectivity index (χ4n) is 6.59. The Morgan fingerprint density at radius 3 is 2.16 bits per heavy atom. The SMILES string of the molecule is CCCN1c2cccc(OC)c2-c2c3c(OC)cccc3[n+]3c4c(ccc1c24)C=[N+](c1ccc(C(F)(F)F)cc1)[B-]3(F)F. The van der Waals surface area contributed by atoms with Gasteiger partial charge in [-0.05, 0) is 48.9 Å². The van der Waals surface area contributed by atoms with E-state index in [4.69, 9.17) is 9.47 Å². The molecule has 0 unspecified atom stereocenters.